The van der Waals surface area contributed by atoms with Crippen LogP contribution < -0.4 is 5.32 Å². The number of amides is 1. The molecule has 5 aromatic carbocycles. The van der Waals surface area contributed by atoms with Crippen molar-refractivity contribution in [2.75, 3.05) is 0 Å². The van der Waals surface area contributed by atoms with Crippen LogP contribution in [0.15, 0.2) is 139 Å². The molecule has 0 saturated heterocycles. The number of carbonyl (C=O) groups is 2. The molecular weight excluding hydrogens is 506 g/mol. The maximum absolute atomic E-state index is 14.1. The summed E-state index contributed by atoms with van der Waals surface area (Å²) in [5.41, 5.74) is 6.94. The maximum atomic E-state index is 14.1. The van der Waals surface area contributed by atoms with Gasteiger partial charge in [-0.2, -0.15) is 0 Å². The Bertz CT molecular complexity index is 1650. The van der Waals surface area contributed by atoms with Crippen LogP contribution in [0.1, 0.15) is 44.6 Å². The van der Waals surface area contributed by atoms with Gasteiger partial charge in [0.1, 0.15) is 5.54 Å². The van der Waals surface area contributed by atoms with E-state index in [1.54, 1.807) is 6.08 Å². The van der Waals surface area contributed by atoms with E-state index in [9.17, 15) is 14.7 Å². The third-order valence-corrected chi connectivity index (χ3v) is 7.79. The van der Waals surface area contributed by atoms with Gasteiger partial charge >= 0.3 is 5.97 Å². The predicted molar refractivity (Wildman–Crippen MR) is 162 cm³/mol. The van der Waals surface area contributed by atoms with Crippen molar-refractivity contribution in [1.29, 1.82) is 0 Å². The van der Waals surface area contributed by atoms with Crippen LogP contribution in [0.4, 0.5) is 0 Å². The molecule has 0 bridgehead atoms. The molecule has 0 fully saturated rings. The van der Waals surface area contributed by atoms with Crippen molar-refractivity contribution in [3.63, 3.8) is 0 Å². The van der Waals surface area contributed by atoms with E-state index >= 15 is 0 Å². The fraction of sp³-hybridized carbons (Fsp3) is 0.0811. The molecule has 1 amide bonds. The van der Waals surface area contributed by atoms with Gasteiger partial charge in [0.05, 0.1) is 0 Å². The maximum Gasteiger partial charge on any atom is 0.331 e. The van der Waals surface area contributed by atoms with E-state index in [0.29, 0.717) is 24.0 Å². The van der Waals surface area contributed by atoms with Crippen LogP contribution in [0.3, 0.4) is 0 Å². The second kappa shape index (κ2) is 11.1. The molecule has 41 heavy (non-hydrogen) atoms. The van der Waals surface area contributed by atoms with Gasteiger partial charge in [0.15, 0.2) is 0 Å². The Labute approximate surface area is 239 Å². The number of carbonyl (C=O) groups excluding carboxylic acids is 1. The number of rotatable bonds is 7. The summed E-state index contributed by atoms with van der Waals surface area (Å²) in [7, 11) is 0. The monoisotopic (exact) mass is 535 g/mol. The van der Waals surface area contributed by atoms with Crippen molar-refractivity contribution in [2.45, 2.75) is 18.4 Å². The Morgan fingerprint density at radius 1 is 0.610 bits per heavy atom. The van der Waals surface area contributed by atoms with Crippen molar-refractivity contribution in [2.24, 2.45) is 0 Å². The van der Waals surface area contributed by atoms with E-state index in [0.717, 1.165) is 38.9 Å². The lowest BCUT2D eigenvalue weighted by Crippen LogP contribution is -2.47. The number of fused-ring (bicyclic) bond motifs is 1. The normalized spacial score (nSPS) is 12.6. The van der Waals surface area contributed by atoms with Gasteiger partial charge in [-0.05, 0) is 70.0 Å². The fourth-order valence-electron chi connectivity index (χ4n) is 5.70. The molecule has 0 spiro atoms. The summed E-state index contributed by atoms with van der Waals surface area (Å²) in [4.78, 5) is 25.5. The van der Waals surface area contributed by atoms with Crippen LogP contribution in [-0.4, -0.2) is 17.0 Å². The number of aliphatic carboxylic acids is 1. The molecule has 1 aliphatic carbocycles. The summed E-state index contributed by atoms with van der Waals surface area (Å²) in [5, 5.41) is 12.8. The molecule has 0 saturated carbocycles. The average Bonchev–Trinajstić information content (AvgIpc) is 3.04. The molecule has 0 aliphatic heterocycles. The molecule has 6 rings (SSSR count). The molecule has 4 heteroatoms. The van der Waals surface area contributed by atoms with Gasteiger partial charge in [-0.1, -0.05) is 121 Å². The van der Waals surface area contributed by atoms with Crippen LogP contribution in [0.25, 0.3) is 17.2 Å². The van der Waals surface area contributed by atoms with Crippen LogP contribution in [0.2, 0.25) is 0 Å². The predicted octanol–water partition coefficient (Wildman–Crippen LogP) is 7.49. The van der Waals surface area contributed by atoms with Crippen molar-refractivity contribution in [3.05, 3.63) is 172 Å². The zero-order valence-electron chi connectivity index (χ0n) is 22.5. The Balaban J connectivity index is 1.40. The van der Waals surface area contributed by atoms with Gasteiger partial charge < -0.3 is 10.4 Å². The minimum absolute atomic E-state index is 0.185. The quantitative estimate of drug-likeness (QED) is 0.212. The first-order valence-electron chi connectivity index (χ1n) is 13.7. The molecule has 2 N–H and O–H groups in total. The van der Waals surface area contributed by atoms with Crippen LogP contribution in [0, 0.1) is 0 Å². The lowest BCUT2D eigenvalue weighted by Gasteiger charge is -2.37. The number of benzene rings is 5. The molecule has 0 atom stereocenters. The number of hydrogen-bond donors (Lipinski definition) is 2. The number of carboxylic acid groups (broad SMARTS) is 1. The second-order valence-corrected chi connectivity index (χ2v) is 10.3. The van der Waals surface area contributed by atoms with Gasteiger partial charge in [0.2, 0.25) is 0 Å². The van der Waals surface area contributed by atoms with E-state index in [1.807, 2.05) is 127 Å². The van der Waals surface area contributed by atoms with Gasteiger partial charge in [0.25, 0.3) is 5.91 Å². The largest absolute Gasteiger partial charge is 0.478 e. The van der Waals surface area contributed by atoms with Crippen molar-refractivity contribution >= 4 is 18.0 Å². The van der Waals surface area contributed by atoms with Crippen molar-refractivity contribution in [1.82, 2.24) is 5.32 Å². The van der Waals surface area contributed by atoms with E-state index in [2.05, 4.69) is 11.4 Å². The number of aryl methyl sites for hydroxylation is 1. The summed E-state index contributed by atoms with van der Waals surface area (Å²) in [6, 6.07) is 43.9. The molecule has 0 unspecified atom stereocenters. The Kier molecular flexibility index (Phi) is 7.05. The van der Waals surface area contributed by atoms with E-state index in [-0.39, 0.29) is 5.91 Å². The minimum atomic E-state index is -0.906. The lowest BCUT2D eigenvalue weighted by atomic mass is 9.76. The highest BCUT2D eigenvalue weighted by molar-refractivity contribution is 5.97. The smallest absolute Gasteiger partial charge is 0.331 e. The van der Waals surface area contributed by atoms with Gasteiger partial charge in [0, 0.05) is 11.1 Å². The average molecular weight is 536 g/mol. The first kappa shape index (κ1) is 26.0. The molecule has 1 aliphatic rings. The van der Waals surface area contributed by atoms with Crippen LogP contribution >= 0.6 is 0 Å². The first-order valence-corrected chi connectivity index (χ1v) is 13.7. The number of nitrogens with one attached hydrogen (secondary N) is 1. The molecule has 4 nitrogen and oxygen atoms in total. The summed E-state index contributed by atoms with van der Waals surface area (Å²) < 4.78 is 0. The van der Waals surface area contributed by atoms with Gasteiger partial charge in [-0.3, -0.25) is 4.79 Å². The molecular formula is C37H29NO3. The van der Waals surface area contributed by atoms with Crippen molar-refractivity contribution < 1.29 is 14.7 Å². The standard InChI is InChI=1S/C37H29NO3/c39-35(30-12-10-11-26(24-30)27-19-20-29-25-31(36(40)41)22-21-28(29)23-27)38-37(32-13-4-1-5-14-32,33-15-6-2-7-16-33)34-17-8-3-9-18-34/h1-20,23-25H,21-22H2,(H,38,39)(H,40,41). The molecule has 200 valence electrons. The van der Waals surface area contributed by atoms with Crippen molar-refractivity contribution in [3.8, 4) is 11.1 Å². The summed E-state index contributed by atoms with van der Waals surface area (Å²) in [5.74, 6) is -1.05. The van der Waals surface area contributed by atoms with E-state index < -0.39 is 11.5 Å². The third kappa shape index (κ3) is 5.08. The fourth-order valence-corrected chi connectivity index (χ4v) is 5.70. The minimum Gasteiger partial charge on any atom is -0.478 e. The van der Waals surface area contributed by atoms with Gasteiger partial charge in [-0.25, -0.2) is 4.79 Å². The SMILES string of the molecule is O=C(O)C1=Cc2ccc(-c3cccc(C(=O)NC(c4ccccc4)(c4ccccc4)c4ccccc4)c3)cc2CC1. The molecule has 5 aromatic rings. The highest BCUT2D eigenvalue weighted by atomic mass is 16.4. The summed E-state index contributed by atoms with van der Waals surface area (Å²) in [6.45, 7) is 0. The number of carboxylic acids is 1. The topological polar surface area (TPSA) is 66.4 Å². The third-order valence-electron chi connectivity index (χ3n) is 7.79. The van der Waals surface area contributed by atoms with Crippen LogP contribution in [-0.2, 0) is 16.8 Å². The highest BCUT2D eigenvalue weighted by Crippen LogP contribution is 2.37. The highest BCUT2D eigenvalue weighted by Gasteiger charge is 2.38. The zero-order valence-corrected chi connectivity index (χ0v) is 22.5. The molecule has 0 radical (unpaired) electrons. The van der Waals surface area contributed by atoms with Crippen LogP contribution in [0.5, 0.6) is 0 Å². The zero-order chi connectivity index (χ0) is 28.2. The number of hydrogen-bond acceptors (Lipinski definition) is 2. The lowest BCUT2D eigenvalue weighted by molar-refractivity contribution is -0.132. The Hall–Kier alpha value is -5.22. The Morgan fingerprint density at radius 3 is 1.73 bits per heavy atom. The molecule has 0 aromatic heterocycles. The van der Waals surface area contributed by atoms with Gasteiger partial charge in [-0.15, -0.1) is 0 Å². The van der Waals surface area contributed by atoms with E-state index in [1.165, 1.54) is 0 Å². The Morgan fingerprint density at radius 2 is 1.17 bits per heavy atom. The van der Waals surface area contributed by atoms with E-state index in [4.69, 9.17) is 0 Å². The summed E-state index contributed by atoms with van der Waals surface area (Å²) >= 11 is 0. The second-order valence-electron chi connectivity index (χ2n) is 10.3. The summed E-state index contributed by atoms with van der Waals surface area (Å²) in [6.07, 6.45) is 2.94. The molecule has 0 heterocycles. The first-order chi connectivity index (χ1) is 20.0.